The average Bonchev–Trinajstić information content (AvgIpc) is 2.86. The van der Waals surface area contributed by atoms with Crippen LogP contribution < -0.4 is 21.2 Å². The van der Waals surface area contributed by atoms with E-state index in [-0.39, 0.29) is 17.3 Å². The highest BCUT2D eigenvalue weighted by atomic mass is 16.6. The summed E-state index contributed by atoms with van der Waals surface area (Å²) < 4.78 is 10.9. The van der Waals surface area contributed by atoms with Gasteiger partial charge in [-0.25, -0.2) is 9.59 Å². The lowest BCUT2D eigenvalue weighted by atomic mass is 9.80. The van der Waals surface area contributed by atoms with E-state index < -0.39 is 22.9 Å². The number of amides is 2. The molecule has 10 nitrogen and oxygen atoms in total. The van der Waals surface area contributed by atoms with Crippen molar-refractivity contribution in [1.29, 1.82) is 0 Å². The molecule has 0 atom stereocenters. The molecule has 0 radical (unpaired) electrons. The van der Waals surface area contributed by atoms with E-state index in [1.165, 1.54) is 0 Å². The number of fused-ring (bicyclic) bond motifs is 1. The molecule has 1 aromatic carbocycles. The summed E-state index contributed by atoms with van der Waals surface area (Å²) in [6.45, 7) is 9.43. The Kier molecular flexibility index (Phi) is 7.71. The predicted octanol–water partition coefficient (Wildman–Crippen LogP) is 5.41. The standard InChI is InChI=1S/C28H35N5O5/c1-6-33(19-12-16-29-17-13-19)24(35)28(14-8-7-9-15-28)32-25-30-21-11-10-20(18(2)22(21)23(34)37-25)31-26(36)38-27(3,4)5/h10-13,16-17H,6-9,14-15H2,1-5H3,(H,30,32)(H,31,36). The van der Waals surface area contributed by atoms with Crippen LogP contribution in [0.5, 0.6) is 0 Å². The number of nitrogens with zero attached hydrogens (tertiary/aromatic N) is 3. The predicted molar refractivity (Wildman–Crippen MR) is 147 cm³/mol. The maximum Gasteiger partial charge on any atom is 0.412 e. The number of aromatic nitrogens is 2. The maximum atomic E-state index is 13.9. The van der Waals surface area contributed by atoms with Crippen LogP contribution in [0.25, 0.3) is 10.9 Å². The molecule has 4 rings (SSSR count). The Bertz CT molecular complexity index is 1370. The van der Waals surface area contributed by atoms with Gasteiger partial charge in [0, 0.05) is 30.3 Å². The monoisotopic (exact) mass is 521 g/mol. The molecule has 2 amide bonds. The van der Waals surface area contributed by atoms with Crippen LogP contribution in [0.2, 0.25) is 0 Å². The quantitative estimate of drug-likeness (QED) is 0.441. The summed E-state index contributed by atoms with van der Waals surface area (Å²) in [4.78, 5) is 49.7. The first-order valence-corrected chi connectivity index (χ1v) is 13.0. The molecule has 10 heteroatoms. The van der Waals surface area contributed by atoms with Crippen molar-refractivity contribution in [3.63, 3.8) is 0 Å². The zero-order chi connectivity index (χ0) is 27.5. The van der Waals surface area contributed by atoms with Gasteiger partial charge in [0.2, 0.25) is 0 Å². The normalized spacial score (nSPS) is 15.1. The van der Waals surface area contributed by atoms with Gasteiger partial charge in [-0.3, -0.25) is 15.1 Å². The van der Waals surface area contributed by atoms with Crippen LogP contribution in [0.15, 0.2) is 45.9 Å². The van der Waals surface area contributed by atoms with E-state index in [0.717, 1.165) is 24.9 Å². The van der Waals surface area contributed by atoms with Crippen molar-refractivity contribution in [3.8, 4) is 0 Å². The van der Waals surface area contributed by atoms with E-state index in [9.17, 15) is 14.4 Å². The van der Waals surface area contributed by atoms with E-state index in [2.05, 4.69) is 20.6 Å². The summed E-state index contributed by atoms with van der Waals surface area (Å²) in [5.74, 6) is -0.0939. The molecular formula is C28H35N5O5. The number of likely N-dealkylation sites (N-methyl/N-ethyl adjacent to an activating group) is 1. The Labute approximate surface area is 221 Å². The van der Waals surface area contributed by atoms with Crippen molar-refractivity contribution in [2.24, 2.45) is 0 Å². The maximum absolute atomic E-state index is 13.9. The first-order chi connectivity index (χ1) is 18.0. The Morgan fingerprint density at radius 3 is 2.42 bits per heavy atom. The van der Waals surface area contributed by atoms with Crippen molar-refractivity contribution in [2.75, 3.05) is 22.1 Å². The smallest absolute Gasteiger partial charge is 0.412 e. The van der Waals surface area contributed by atoms with Crippen molar-refractivity contribution < 1.29 is 18.7 Å². The van der Waals surface area contributed by atoms with Gasteiger partial charge < -0.3 is 19.4 Å². The number of hydrogen-bond donors (Lipinski definition) is 2. The number of anilines is 3. The van der Waals surface area contributed by atoms with E-state index in [0.29, 0.717) is 36.2 Å². The van der Waals surface area contributed by atoms with Crippen molar-refractivity contribution in [1.82, 2.24) is 9.97 Å². The summed E-state index contributed by atoms with van der Waals surface area (Å²) in [6.07, 6.45) is 6.63. The zero-order valence-corrected chi connectivity index (χ0v) is 22.6. The zero-order valence-electron chi connectivity index (χ0n) is 22.6. The lowest BCUT2D eigenvalue weighted by Crippen LogP contribution is -2.55. The average molecular weight is 522 g/mol. The van der Waals surface area contributed by atoms with Crippen LogP contribution >= 0.6 is 0 Å². The van der Waals surface area contributed by atoms with E-state index in [1.807, 2.05) is 6.92 Å². The number of aryl methyl sites for hydroxylation is 1. The molecule has 1 aliphatic carbocycles. The first-order valence-electron chi connectivity index (χ1n) is 13.0. The summed E-state index contributed by atoms with van der Waals surface area (Å²) in [5, 5.41) is 6.16. The molecule has 0 aliphatic heterocycles. The van der Waals surface area contributed by atoms with Crippen LogP contribution in [-0.4, -0.2) is 39.7 Å². The third-order valence-electron chi connectivity index (χ3n) is 6.69. The fraction of sp³-hybridized carbons (Fsp3) is 0.464. The minimum Gasteiger partial charge on any atom is -0.444 e. The van der Waals surface area contributed by atoms with Crippen LogP contribution in [0, 0.1) is 6.92 Å². The fourth-order valence-electron chi connectivity index (χ4n) is 4.90. The van der Waals surface area contributed by atoms with Crippen molar-refractivity contribution in [2.45, 2.75) is 77.9 Å². The third-order valence-corrected chi connectivity index (χ3v) is 6.69. The molecule has 1 fully saturated rings. The number of rotatable bonds is 6. The highest BCUT2D eigenvalue weighted by Gasteiger charge is 2.43. The van der Waals surface area contributed by atoms with Crippen LogP contribution in [0.3, 0.4) is 0 Å². The lowest BCUT2D eigenvalue weighted by molar-refractivity contribution is -0.124. The summed E-state index contributed by atoms with van der Waals surface area (Å²) in [5.41, 5.74) is -0.128. The minimum atomic E-state index is -0.957. The Balaban J connectivity index is 1.66. The van der Waals surface area contributed by atoms with Crippen LogP contribution in [0.4, 0.5) is 22.2 Å². The second kappa shape index (κ2) is 10.8. The molecule has 2 heterocycles. The Hall–Kier alpha value is -3.95. The Morgan fingerprint density at radius 2 is 1.79 bits per heavy atom. The molecule has 3 aromatic rings. The first kappa shape index (κ1) is 27.1. The molecule has 202 valence electrons. The van der Waals surface area contributed by atoms with E-state index >= 15 is 0 Å². The fourth-order valence-corrected chi connectivity index (χ4v) is 4.90. The summed E-state index contributed by atoms with van der Waals surface area (Å²) in [6, 6.07) is 6.91. The topological polar surface area (TPSA) is 127 Å². The SMILES string of the molecule is CCN(C(=O)C1(Nc2nc3ccc(NC(=O)OC(C)(C)C)c(C)c3c(=O)o2)CCCCC1)c1ccncc1. The van der Waals surface area contributed by atoms with Gasteiger partial charge >= 0.3 is 11.7 Å². The summed E-state index contributed by atoms with van der Waals surface area (Å²) in [7, 11) is 0. The second-order valence-electron chi connectivity index (χ2n) is 10.6. The largest absolute Gasteiger partial charge is 0.444 e. The van der Waals surface area contributed by atoms with Gasteiger partial charge in [0.25, 0.3) is 11.9 Å². The molecule has 38 heavy (non-hydrogen) atoms. The number of pyridine rings is 1. The highest BCUT2D eigenvalue weighted by Crippen LogP contribution is 2.35. The molecule has 0 unspecified atom stereocenters. The lowest BCUT2D eigenvalue weighted by Gasteiger charge is -2.39. The van der Waals surface area contributed by atoms with E-state index in [1.54, 1.807) is 69.3 Å². The van der Waals surface area contributed by atoms with Crippen molar-refractivity contribution in [3.05, 3.63) is 52.6 Å². The van der Waals surface area contributed by atoms with Gasteiger partial charge in [0.05, 0.1) is 10.9 Å². The van der Waals surface area contributed by atoms with E-state index in [4.69, 9.17) is 9.15 Å². The van der Waals surface area contributed by atoms with Gasteiger partial charge in [0.15, 0.2) is 0 Å². The van der Waals surface area contributed by atoms with Gasteiger partial charge in [-0.15, -0.1) is 0 Å². The second-order valence-corrected chi connectivity index (χ2v) is 10.6. The van der Waals surface area contributed by atoms with Gasteiger partial charge in [-0.05, 0) is 77.3 Å². The summed E-state index contributed by atoms with van der Waals surface area (Å²) >= 11 is 0. The molecule has 1 aliphatic rings. The Morgan fingerprint density at radius 1 is 1.11 bits per heavy atom. The highest BCUT2D eigenvalue weighted by molar-refractivity contribution is 6.02. The molecular weight excluding hydrogens is 486 g/mol. The molecule has 2 N–H and O–H groups in total. The number of hydrogen-bond acceptors (Lipinski definition) is 8. The molecule has 1 saturated carbocycles. The van der Waals surface area contributed by atoms with Crippen LogP contribution in [-0.2, 0) is 9.53 Å². The number of benzene rings is 1. The molecule has 0 bridgehead atoms. The molecule has 2 aromatic heterocycles. The molecule has 0 spiro atoms. The minimum absolute atomic E-state index is 0.00390. The number of ether oxygens (including phenoxy) is 1. The van der Waals surface area contributed by atoms with Gasteiger partial charge in [-0.1, -0.05) is 19.3 Å². The van der Waals surface area contributed by atoms with Gasteiger partial charge in [-0.2, -0.15) is 4.98 Å². The molecule has 0 saturated heterocycles. The van der Waals surface area contributed by atoms with Crippen molar-refractivity contribution >= 4 is 40.3 Å². The number of nitrogens with one attached hydrogen (secondary N) is 2. The van der Waals surface area contributed by atoms with Crippen LogP contribution in [0.1, 0.15) is 65.4 Å². The number of carbonyl (C=O) groups excluding carboxylic acids is 2. The van der Waals surface area contributed by atoms with Gasteiger partial charge in [0.1, 0.15) is 11.1 Å². The number of carbonyl (C=O) groups is 2. The third kappa shape index (κ3) is 5.79.